The Morgan fingerprint density at radius 2 is 1.73 bits per heavy atom. The van der Waals surface area contributed by atoms with Crippen LogP contribution in [0.4, 0.5) is 0 Å². The summed E-state index contributed by atoms with van der Waals surface area (Å²) in [6.45, 7) is 7.17. The van der Waals surface area contributed by atoms with Crippen LogP contribution in [0.15, 0.2) is 57.9 Å². The van der Waals surface area contributed by atoms with Crippen molar-refractivity contribution in [3.05, 3.63) is 64.1 Å². The Kier molecular flexibility index (Phi) is 9.63. The van der Waals surface area contributed by atoms with E-state index >= 15 is 0 Å². The van der Waals surface area contributed by atoms with Gasteiger partial charge in [0.1, 0.15) is 6.04 Å². The number of halogens is 1. The van der Waals surface area contributed by atoms with Crippen LogP contribution in [0.3, 0.4) is 0 Å². The van der Waals surface area contributed by atoms with E-state index in [0.717, 1.165) is 26.3 Å². The van der Waals surface area contributed by atoms with Crippen LogP contribution in [0.25, 0.3) is 0 Å². The van der Waals surface area contributed by atoms with Crippen molar-refractivity contribution < 1.29 is 18.0 Å². The Morgan fingerprint density at radius 3 is 2.30 bits per heavy atom. The van der Waals surface area contributed by atoms with Crippen LogP contribution >= 0.6 is 15.9 Å². The van der Waals surface area contributed by atoms with Gasteiger partial charge in [-0.2, -0.15) is 4.31 Å². The maximum atomic E-state index is 13.3. The van der Waals surface area contributed by atoms with Crippen LogP contribution in [-0.4, -0.2) is 55.1 Å². The molecule has 1 N–H and O–H groups in total. The van der Waals surface area contributed by atoms with Crippen molar-refractivity contribution >= 4 is 37.8 Å². The van der Waals surface area contributed by atoms with E-state index in [1.165, 1.54) is 24.1 Å². The van der Waals surface area contributed by atoms with E-state index in [4.69, 9.17) is 0 Å². The van der Waals surface area contributed by atoms with Gasteiger partial charge in [0.2, 0.25) is 21.8 Å². The zero-order valence-corrected chi connectivity index (χ0v) is 22.1. The monoisotopic (exact) mass is 537 g/mol. The van der Waals surface area contributed by atoms with Crippen LogP contribution in [-0.2, 0) is 26.2 Å². The third-order valence-electron chi connectivity index (χ3n) is 5.50. The number of hydrogen-bond donors (Lipinski definition) is 1. The van der Waals surface area contributed by atoms with Gasteiger partial charge in [0, 0.05) is 24.1 Å². The highest BCUT2D eigenvalue weighted by Gasteiger charge is 2.30. The number of carbonyl (C=O) groups is 2. The van der Waals surface area contributed by atoms with Crippen molar-refractivity contribution in [2.24, 2.45) is 0 Å². The third kappa shape index (κ3) is 7.38. The van der Waals surface area contributed by atoms with Crippen molar-refractivity contribution in [3.63, 3.8) is 0 Å². The second-order valence-electron chi connectivity index (χ2n) is 8.22. The summed E-state index contributed by atoms with van der Waals surface area (Å²) in [5.74, 6) is -0.739. The lowest BCUT2D eigenvalue weighted by Gasteiger charge is -2.31. The third-order valence-corrected chi connectivity index (χ3v) is 7.81. The molecule has 0 aromatic heterocycles. The number of amides is 2. The minimum absolute atomic E-state index is 0.0349. The van der Waals surface area contributed by atoms with Crippen LogP contribution in [0.1, 0.15) is 38.3 Å². The molecule has 0 unspecified atom stereocenters. The van der Waals surface area contributed by atoms with E-state index in [1.54, 1.807) is 19.1 Å². The number of aryl methyl sites for hydroxylation is 1. The fraction of sp³-hybridized carbons (Fsp3) is 0.417. The smallest absolute Gasteiger partial charge is 0.243 e. The molecule has 2 amide bonds. The number of nitrogens with one attached hydrogen (secondary N) is 1. The summed E-state index contributed by atoms with van der Waals surface area (Å²) in [6, 6.07) is 13.1. The molecule has 0 heterocycles. The molecule has 0 bridgehead atoms. The molecule has 33 heavy (non-hydrogen) atoms. The quantitative estimate of drug-likeness (QED) is 0.500. The van der Waals surface area contributed by atoms with Crippen molar-refractivity contribution in [2.75, 3.05) is 13.6 Å². The fourth-order valence-corrected chi connectivity index (χ4v) is 4.70. The molecule has 0 spiro atoms. The average molecular weight is 539 g/mol. The SMILES string of the molecule is CC[C@H](C)NC(=O)[C@H](C)N(Cc1cccc(Br)c1)C(=O)CN(C)S(=O)(=O)c1ccc(C)cc1. The first-order valence-corrected chi connectivity index (χ1v) is 13.1. The van der Waals surface area contributed by atoms with Crippen molar-refractivity contribution in [1.29, 1.82) is 0 Å². The summed E-state index contributed by atoms with van der Waals surface area (Å²) in [7, 11) is -2.49. The molecule has 0 aliphatic heterocycles. The van der Waals surface area contributed by atoms with E-state index in [1.807, 2.05) is 45.0 Å². The minimum atomic E-state index is -3.86. The number of hydrogen-bond acceptors (Lipinski definition) is 4. The normalized spacial score (nSPS) is 13.4. The van der Waals surface area contributed by atoms with Gasteiger partial charge in [-0.05, 0) is 57.0 Å². The predicted octanol–water partition coefficient (Wildman–Crippen LogP) is 3.71. The van der Waals surface area contributed by atoms with Gasteiger partial charge in [0.25, 0.3) is 0 Å². The summed E-state index contributed by atoms with van der Waals surface area (Å²) >= 11 is 3.42. The van der Waals surface area contributed by atoms with Gasteiger partial charge in [-0.1, -0.05) is 52.7 Å². The molecule has 0 saturated carbocycles. The molecule has 2 atom stereocenters. The van der Waals surface area contributed by atoms with Crippen LogP contribution < -0.4 is 5.32 Å². The first-order valence-electron chi connectivity index (χ1n) is 10.8. The van der Waals surface area contributed by atoms with Gasteiger partial charge in [0.05, 0.1) is 11.4 Å². The van der Waals surface area contributed by atoms with Crippen LogP contribution in [0.2, 0.25) is 0 Å². The summed E-state index contributed by atoms with van der Waals surface area (Å²) in [4.78, 5) is 27.6. The van der Waals surface area contributed by atoms with E-state index in [0.29, 0.717) is 0 Å². The first-order chi connectivity index (χ1) is 15.4. The summed E-state index contributed by atoms with van der Waals surface area (Å²) in [5.41, 5.74) is 1.76. The Labute approximate surface area is 205 Å². The molecule has 0 aliphatic carbocycles. The van der Waals surface area contributed by atoms with E-state index < -0.39 is 22.0 Å². The molecule has 2 aromatic rings. The molecule has 9 heteroatoms. The van der Waals surface area contributed by atoms with Crippen molar-refractivity contribution in [1.82, 2.24) is 14.5 Å². The summed E-state index contributed by atoms with van der Waals surface area (Å²) < 4.78 is 27.8. The zero-order chi connectivity index (χ0) is 24.8. The molecular weight excluding hydrogens is 506 g/mol. The minimum Gasteiger partial charge on any atom is -0.352 e. The first kappa shape index (κ1) is 27.0. The average Bonchev–Trinajstić information content (AvgIpc) is 2.77. The fourth-order valence-electron chi connectivity index (χ4n) is 3.14. The summed E-state index contributed by atoms with van der Waals surface area (Å²) in [5, 5.41) is 2.90. The number of rotatable bonds is 10. The maximum Gasteiger partial charge on any atom is 0.243 e. The lowest BCUT2D eigenvalue weighted by atomic mass is 10.1. The van der Waals surface area contributed by atoms with Crippen molar-refractivity contribution in [3.8, 4) is 0 Å². The molecule has 0 aliphatic rings. The van der Waals surface area contributed by atoms with Gasteiger partial charge >= 0.3 is 0 Å². The van der Waals surface area contributed by atoms with Gasteiger partial charge in [0.15, 0.2) is 0 Å². The largest absolute Gasteiger partial charge is 0.352 e. The predicted molar refractivity (Wildman–Crippen MR) is 133 cm³/mol. The molecular formula is C24H32BrN3O4S. The summed E-state index contributed by atoms with van der Waals surface area (Å²) in [6.07, 6.45) is 0.759. The highest BCUT2D eigenvalue weighted by molar-refractivity contribution is 9.10. The van der Waals surface area contributed by atoms with Crippen LogP contribution in [0, 0.1) is 6.92 Å². The second kappa shape index (κ2) is 11.8. The van der Waals surface area contributed by atoms with E-state index in [2.05, 4.69) is 21.2 Å². The number of benzene rings is 2. The molecule has 0 fully saturated rings. The molecule has 7 nitrogen and oxygen atoms in total. The van der Waals surface area contributed by atoms with Gasteiger partial charge < -0.3 is 10.2 Å². The number of sulfonamides is 1. The Hall–Kier alpha value is -2.23. The number of likely N-dealkylation sites (N-methyl/N-ethyl adjacent to an activating group) is 1. The molecule has 0 radical (unpaired) electrons. The van der Waals surface area contributed by atoms with Crippen LogP contribution in [0.5, 0.6) is 0 Å². The van der Waals surface area contributed by atoms with E-state index in [9.17, 15) is 18.0 Å². The highest BCUT2D eigenvalue weighted by atomic mass is 79.9. The molecule has 2 aromatic carbocycles. The van der Waals surface area contributed by atoms with Gasteiger partial charge in [-0.15, -0.1) is 0 Å². The molecule has 2 rings (SSSR count). The Bertz CT molecular complexity index is 1070. The topological polar surface area (TPSA) is 86.8 Å². The second-order valence-corrected chi connectivity index (χ2v) is 11.2. The highest BCUT2D eigenvalue weighted by Crippen LogP contribution is 2.18. The number of nitrogens with zero attached hydrogens (tertiary/aromatic N) is 2. The lowest BCUT2D eigenvalue weighted by Crippen LogP contribution is -2.51. The van der Waals surface area contributed by atoms with Crippen molar-refractivity contribution in [2.45, 2.75) is 57.6 Å². The lowest BCUT2D eigenvalue weighted by molar-refractivity contribution is -0.140. The Balaban J connectivity index is 2.27. The van der Waals surface area contributed by atoms with E-state index in [-0.39, 0.29) is 29.9 Å². The Morgan fingerprint density at radius 1 is 1.09 bits per heavy atom. The van der Waals surface area contributed by atoms with Gasteiger partial charge in [-0.3, -0.25) is 9.59 Å². The maximum absolute atomic E-state index is 13.3. The molecule has 180 valence electrons. The standard InChI is InChI=1S/C24H32BrN3O4S/c1-6-18(3)26-24(30)19(4)28(15-20-8-7-9-21(25)14-20)23(29)16-27(5)33(31,32)22-12-10-17(2)11-13-22/h7-14,18-19H,6,15-16H2,1-5H3,(H,26,30)/t18-,19-/m0/s1. The number of carbonyl (C=O) groups excluding carboxylic acids is 2. The van der Waals surface area contributed by atoms with Gasteiger partial charge in [-0.25, -0.2) is 8.42 Å². The molecule has 0 saturated heterocycles. The zero-order valence-electron chi connectivity index (χ0n) is 19.7.